The number of aromatic nitrogens is 1. The molecule has 0 aliphatic carbocycles. The second-order valence-corrected chi connectivity index (χ2v) is 4.96. The quantitative estimate of drug-likeness (QED) is 0.861. The monoisotopic (exact) mass is 263 g/mol. The summed E-state index contributed by atoms with van der Waals surface area (Å²) in [6, 6.07) is 6.63. The van der Waals surface area contributed by atoms with Crippen LogP contribution in [-0.4, -0.2) is 28.3 Å². The van der Waals surface area contributed by atoms with Gasteiger partial charge in [-0.3, -0.25) is 0 Å². The molecule has 1 rings (SSSR count). The molecule has 0 aliphatic heterocycles. The van der Waals surface area contributed by atoms with E-state index < -0.39 is 17.8 Å². The number of hydrogen-bond acceptors (Lipinski definition) is 5. The molecule has 0 aliphatic rings. The molecule has 1 atom stereocenters. The Kier molecular flexibility index (Phi) is 4.84. The molecule has 0 saturated heterocycles. The minimum Gasteiger partial charge on any atom is -0.444 e. The Bertz CT molecular complexity index is 489. The number of carbonyl (C=O) groups excluding carboxylic acids is 1. The Morgan fingerprint density at radius 2 is 2.26 bits per heavy atom. The van der Waals surface area contributed by atoms with Crippen LogP contribution in [0.3, 0.4) is 0 Å². The van der Waals surface area contributed by atoms with E-state index in [0.29, 0.717) is 5.69 Å². The van der Waals surface area contributed by atoms with Crippen molar-refractivity contribution in [1.29, 1.82) is 5.26 Å². The zero-order valence-electron chi connectivity index (χ0n) is 11.2. The summed E-state index contributed by atoms with van der Waals surface area (Å²) >= 11 is 0. The van der Waals surface area contributed by atoms with Crippen molar-refractivity contribution in [2.24, 2.45) is 0 Å². The van der Waals surface area contributed by atoms with E-state index in [9.17, 15) is 9.90 Å². The highest BCUT2D eigenvalue weighted by Gasteiger charge is 2.17. The summed E-state index contributed by atoms with van der Waals surface area (Å²) in [4.78, 5) is 15.3. The van der Waals surface area contributed by atoms with Crippen LogP contribution in [0.1, 0.15) is 38.3 Å². The lowest BCUT2D eigenvalue weighted by Crippen LogP contribution is -2.35. The maximum Gasteiger partial charge on any atom is 0.407 e. The van der Waals surface area contributed by atoms with E-state index in [2.05, 4.69) is 10.3 Å². The van der Waals surface area contributed by atoms with Gasteiger partial charge in [0, 0.05) is 0 Å². The zero-order valence-corrected chi connectivity index (χ0v) is 11.2. The average molecular weight is 263 g/mol. The SMILES string of the molecule is CC(C)(C)OC(=O)NCC(O)c1cccc(C#N)n1. The molecular weight excluding hydrogens is 246 g/mol. The number of alkyl carbamates (subject to hydrolysis) is 1. The molecule has 6 nitrogen and oxygen atoms in total. The van der Waals surface area contributed by atoms with Crippen LogP contribution < -0.4 is 5.32 Å². The van der Waals surface area contributed by atoms with Crippen molar-refractivity contribution in [2.75, 3.05) is 6.54 Å². The van der Waals surface area contributed by atoms with E-state index in [1.807, 2.05) is 6.07 Å². The number of ether oxygens (including phenoxy) is 1. The molecule has 1 heterocycles. The molecule has 0 fully saturated rings. The number of nitriles is 1. The Morgan fingerprint density at radius 3 is 2.84 bits per heavy atom. The summed E-state index contributed by atoms with van der Waals surface area (Å²) in [6.07, 6.45) is -1.59. The topological polar surface area (TPSA) is 95.2 Å². The first-order valence-corrected chi connectivity index (χ1v) is 5.84. The molecule has 1 aromatic rings. The predicted molar refractivity (Wildman–Crippen MR) is 68.1 cm³/mol. The molecule has 6 heteroatoms. The van der Waals surface area contributed by atoms with Crippen LogP contribution >= 0.6 is 0 Å². The number of pyridine rings is 1. The maximum absolute atomic E-state index is 11.4. The maximum atomic E-state index is 11.4. The van der Waals surface area contributed by atoms with E-state index in [1.54, 1.807) is 32.9 Å². The van der Waals surface area contributed by atoms with Gasteiger partial charge in [-0.05, 0) is 32.9 Å². The molecule has 2 N–H and O–H groups in total. The Labute approximate surface area is 112 Å². The molecule has 0 saturated carbocycles. The number of hydrogen-bond donors (Lipinski definition) is 2. The summed E-state index contributed by atoms with van der Waals surface area (Å²) in [7, 11) is 0. The second kappa shape index (κ2) is 6.16. The first-order valence-electron chi connectivity index (χ1n) is 5.84. The van der Waals surface area contributed by atoms with Gasteiger partial charge in [-0.15, -0.1) is 0 Å². The normalized spacial score (nSPS) is 12.4. The third kappa shape index (κ3) is 5.36. The molecule has 102 valence electrons. The Hall–Kier alpha value is -2.13. The lowest BCUT2D eigenvalue weighted by Gasteiger charge is -2.20. The van der Waals surface area contributed by atoms with Gasteiger partial charge in [-0.1, -0.05) is 6.07 Å². The largest absolute Gasteiger partial charge is 0.444 e. The van der Waals surface area contributed by atoms with Crippen LogP contribution in [-0.2, 0) is 4.74 Å². The fraction of sp³-hybridized carbons (Fsp3) is 0.462. The smallest absolute Gasteiger partial charge is 0.407 e. The minimum atomic E-state index is -0.985. The number of nitrogens with one attached hydrogen (secondary N) is 1. The highest BCUT2D eigenvalue weighted by molar-refractivity contribution is 5.67. The number of amides is 1. The van der Waals surface area contributed by atoms with Gasteiger partial charge in [0.2, 0.25) is 0 Å². The number of carbonyl (C=O) groups is 1. The van der Waals surface area contributed by atoms with Crippen LogP contribution in [0.2, 0.25) is 0 Å². The summed E-state index contributed by atoms with van der Waals surface area (Å²) in [6.45, 7) is 5.22. The number of rotatable bonds is 3. The molecule has 1 aromatic heterocycles. The predicted octanol–water partition coefficient (Wildman–Crippen LogP) is 1.51. The lowest BCUT2D eigenvalue weighted by molar-refractivity contribution is 0.0490. The zero-order chi connectivity index (χ0) is 14.5. The molecule has 0 bridgehead atoms. The van der Waals surface area contributed by atoms with Crippen molar-refractivity contribution in [3.8, 4) is 6.07 Å². The first-order chi connectivity index (χ1) is 8.81. The van der Waals surface area contributed by atoms with Gasteiger partial charge in [0.1, 0.15) is 23.5 Å². The number of aliphatic hydroxyl groups excluding tert-OH is 1. The van der Waals surface area contributed by atoms with Gasteiger partial charge in [0.15, 0.2) is 0 Å². The van der Waals surface area contributed by atoms with Gasteiger partial charge in [-0.2, -0.15) is 5.26 Å². The molecule has 1 unspecified atom stereocenters. The van der Waals surface area contributed by atoms with Crippen molar-refractivity contribution in [3.05, 3.63) is 29.6 Å². The number of aliphatic hydroxyl groups is 1. The van der Waals surface area contributed by atoms with Gasteiger partial charge in [0.25, 0.3) is 0 Å². The summed E-state index contributed by atoms with van der Waals surface area (Å²) in [5.74, 6) is 0. The van der Waals surface area contributed by atoms with Crippen LogP contribution in [0.5, 0.6) is 0 Å². The van der Waals surface area contributed by atoms with Gasteiger partial charge >= 0.3 is 6.09 Å². The van der Waals surface area contributed by atoms with Crippen molar-refractivity contribution < 1.29 is 14.6 Å². The molecule has 0 spiro atoms. The van der Waals surface area contributed by atoms with Crippen LogP contribution in [0, 0.1) is 11.3 Å². The summed E-state index contributed by atoms with van der Waals surface area (Å²) < 4.78 is 5.03. The molecular formula is C13H17N3O3. The van der Waals surface area contributed by atoms with Crippen LogP contribution in [0.4, 0.5) is 4.79 Å². The molecule has 1 amide bonds. The standard InChI is InChI=1S/C13H17N3O3/c1-13(2,3)19-12(18)15-8-11(17)10-6-4-5-9(7-14)16-10/h4-6,11,17H,8H2,1-3H3,(H,15,18). The Morgan fingerprint density at radius 1 is 1.58 bits per heavy atom. The van der Waals surface area contributed by atoms with Crippen LogP contribution in [0.25, 0.3) is 0 Å². The van der Waals surface area contributed by atoms with Crippen molar-refractivity contribution in [2.45, 2.75) is 32.5 Å². The van der Waals surface area contributed by atoms with E-state index in [-0.39, 0.29) is 12.2 Å². The summed E-state index contributed by atoms with van der Waals surface area (Å²) in [5.41, 5.74) is -0.0440. The number of nitrogens with zero attached hydrogens (tertiary/aromatic N) is 2. The second-order valence-electron chi connectivity index (χ2n) is 4.96. The molecule has 19 heavy (non-hydrogen) atoms. The van der Waals surface area contributed by atoms with E-state index >= 15 is 0 Å². The Balaban J connectivity index is 2.54. The molecule has 0 radical (unpaired) electrons. The van der Waals surface area contributed by atoms with Gasteiger partial charge in [-0.25, -0.2) is 9.78 Å². The fourth-order valence-electron chi connectivity index (χ4n) is 1.30. The van der Waals surface area contributed by atoms with E-state index in [1.165, 1.54) is 6.07 Å². The van der Waals surface area contributed by atoms with Crippen molar-refractivity contribution in [1.82, 2.24) is 10.3 Å². The van der Waals surface area contributed by atoms with Crippen LogP contribution in [0.15, 0.2) is 18.2 Å². The van der Waals surface area contributed by atoms with Gasteiger partial charge in [0.05, 0.1) is 12.2 Å². The minimum absolute atomic E-state index is 0.0310. The van der Waals surface area contributed by atoms with Gasteiger partial charge < -0.3 is 15.2 Å². The highest BCUT2D eigenvalue weighted by atomic mass is 16.6. The fourth-order valence-corrected chi connectivity index (χ4v) is 1.30. The third-order valence-corrected chi connectivity index (χ3v) is 2.07. The first kappa shape index (κ1) is 14.9. The third-order valence-electron chi connectivity index (χ3n) is 2.07. The average Bonchev–Trinajstić information content (AvgIpc) is 2.34. The van der Waals surface area contributed by atoms with E-state index in [0.717, 1.165) is 0 Å². The summed E-state index contributed by atoms with van der Waals surface area (Å²) in [5, 5.41) is 21.0. The van der Waals surface area contributed by atoms with E-state index in [4.69, 9.17) is 10.00 Å². The van der Waals surface area contributed by atoms with Crippen molar-refractivity contribution in [3.63, 3.8) is 0 Å². The van der Waals surface area contributed by atoms with Crippen molar-refractivity contribution >= 4 is 6.09 Å². The molecule has 0 aromatic carbocycles. The highest BCUT2D eigenvalue weighted by Crippen LogP contribution is 2.10. The lowest BCUT2D eigenvalue weighted by atomic mass is 10.2.